The predicted octanol–water partition coefficient (Wildman–Crippen LogP) is 0.868. The Labute approximate surface area is 124 Å². The number of hydrogen-bond acceptors (Lipinski definition) is 6. The molecule has 1 aliphatic heterocycles. The van der Waals surface area contributed by atoms with Crippen LogP contribution in [0, 0.1) is 0 Å². The largest absolute Gasteiger partial charge is 0.455 e. The molecule has 6 nitrogen and oxygen atoms in total. The van der Waals surface area contributed by atoms with Gasteiger partial charge in [0.25, 0.3) is 0 Å². The zero-order valence-electron chi connectivity index (χ0n) is 12.5. The molecule has 0 radical (unpaired) electrons. The van der Waals surface area contributed by atoms with Crippen LogP contribution in [0.4, 0.5) is 0 Å². The van der Waals surface area contributed by atoms with Crippen LogP contribution < -0.4 is 0 Å². The number of cyclic esters (lactones) is 1. The van der Waals surface area contributed by atoms with Crippen LogP contribution in [0.1, 0.15) is 33.6 Å². The molecular weight excluding hydrogens is 276 g/mol. The van der Waals surface area contributed by atoms with Gasteiger partial charge in [-0.3, -0.25) is 4.79 Å². The number of hydrogen-bond donors (Lipinski definition) is 2. The lowest BCUT2D eigenvalue weighted by atomic mass is 10.0. The smallest absolute Gasteiger partial charge is 0.333 e. The molecule has 0 spiro atoms. The van der Waals surface area contributed by atoms with Crippen molar-refractivity contribution in [3.63, 3.8) is 0 Å². The van der Waals surface area contributed by atoms with Crippen LogP contribution in [-0.2, 0) is 19.1 Å². The van der Waals surface area contributed by atoms with Gasteiger partial charge in [-0.1, -0.05) is 12.2 Å². The molecule has 0 aromatic heterocycles. The summed E-state index contributed by atoms with van der Waals surface area (Å²) < 4.78 is 10.4. The Kier molecular flexibility index (Phi) is 6.58. The van der Waals surface area contributed by atoms with Gasteiger partial charge in [0.1, 0.15) is 6.10 Å². The van der Waals surface area contributed by atoms with E-state index in [1.807, 2.05) is 0 Å². The van der Waals surface area contributed by atoms with Gasteiger partial charge in [0.2, 0.25) is 0 Å². The van der Waals surface area contributed by atoms with E-state index in [-0.39, 0.29) is 12.4 Å². The number of allylic oxidation sites excluding steroid dienone is 1. The van der Waals surface area contributed by atoms with Crippen molar-refractivity contribution in [3.8, 4) is 0 Å². The van der Waals surface area contributed by atoms with E-state index in [0.717, 1.165) is 0 Å². The maximum Gasteiger partial charge on any atom is 0.333 e. The van der Waals surface area contributed by atoms with E-state index in [4.69, 9.17) is 9.47 Å². The van der Waals surface area contributed by atoms with E-state index in [9.17, 15) is 19.8 Å². The first-order valence-electron chi connectivity index (χ1n) is 6.93. The van der Waals surface area contributed by atoms with E-state index < -0.39 is 30.4 Å². The summed E-state index contributed by atoms with van der Waals surface area (Å²) in [6, 6.07) is 0. The van der Waals surface area contributed by atoms with Gasteiger partial charge in [0, 0.05) is 12.0 Å². The van der Waals surface area contributed by atoms with Crippen LogP contribution >= 0.6 is 0 Å². The van der Waals surface area contributed by atoms with Crippen LogP contribution in [0.15, 0.2) is 23.8 Å². The van der Waals surface area contributed by atoms with Gasteiger partial charge in [0.15, 0.2) is 6.10 Å². The van der Waals surface area contributed by atoms with Crippen molar-refractivity contribution in [1.29, 1.82) is 0 Å². The van der Waals surface area contributed by atoms with Crippen molar-refractivity contribution in [2.45, 2.75) is 58.0 Å². The van der Waals surface area contributed by atoms with Gasteiger partial charge >= 0.3 is 11.9 Å². The second-order valence-electron chi connectivity index (χ2n) is 5.02. The Bertz CT molecular complexity index is 437. The molecule has 4 atom stereocenters. The van der Waals surface area contributed by atoms with Crippen LogP contribution in [0.5, 0.6) is 0 Å². The van der Waals surface area contributed by atoms with E-state index in [0.29, 0.717) is 12.0 Å². The number of carbonyl (C=O) groups excluding carboxylic acids is 2. The zero-order valence-corrected chi connectivity index (χ0v) is 12.5. The third kappa shape index (κ3) is 5.32. The minimum atomic E-state index is -1.07. The van der Waals surface area contributed by atoms with Gasteiger partial charge in [-0.15, -0.1) is 0 Å². The lowest BCUT2D eigenvalue weighted by molar-refractivity contribution is -0.170. The third-order valence-corrected chi connectivity index (χ3v) is 3.27. The Morgan fingerprint density at radius 3 is 2.71 bits per heavy atom. The minimum Gasteiger partial charge on any atom is -0.455 e. The lowest BCUT2D eigenvalue weighted by Crippen LogP contribution is -2.39. The second kappa shape index (κ2) is 7.95. The molecule has 0 aromatic rings. The van der Waals surface area contributed by atoms with Crippen molar-refractivity contribution < 1.29 is 29.3 Å². The number of aliphatic hydroxyl groups excluding tert-OH is 2. The average Bonchev–Trinajstić information content (AvgIpc) is 2.45. The molecule has 1 fully saturated rings. The van der Waals surface area contributed by atoms with Crippen LogP contribution in [0.25, 0.3) is 0 Å². The van der Waals surface area contributed by atoms with E-state index in [2.05, 4.69) is 0 Å². The molecule has 118 valence electrons. The topological polar surface area (TPSA) is 93.1 Å². The molecule has 1 aliphatic rings. The summed E-state index contributed by atoms with van der Waals surface area (Å²) in [6.45, 7) is 4.81. The first-order chi connectivity index (χ1) is 9.85. The third-order valence-electron chi connectivity index (χ3n) is 3.27. The van der Waals surface area contributed by atoms with Crippen molar-refractivity contribution in [1.82, 2.24) is 0 Å². The van der Waals surface area contributed by atoms with Crippen LogP contribution in [0.3, 0.4) is 0 Å². The Balaban J connectivity index is 2.75. The molecule has 1 heterocycles. The summed E-state index contributed by atoms with van der Waals surface area (Å²) in [6.07, 6.45) is 1.59. The number of carbonyl (C=O) groups is 2. The first kappa shape index (κ1) is 17.4. The lowest BCUT2D eigenvalue weighted by Gasteiger charge is -2.29. The second-order valence-corrected chi connectivity index (χ2v) is 5.02. The number of aliphatic hydroxyl groups is 2. The molecule has 0 aromatic carbocycles. The number of ether oxygens (including phenoxy) is 2. The average molecular weight is 298 g/mol. The van der Waals surface area contributed by atoms with E-state index in [1.165, 1.54) is 19.1 Å². The van der Waals surface area contributed by atoms with E-state index in [1.54, 1.807) is 19.9 Å². The Morgan fingerprint density at radius 1 is 1.48 bits per heavy atom. The highest BCUT2D eigenvalue weighted by Crippen LogP contribution is 2.21. The Hall–Kier alpha value is -1.66. The molecule has 2 N–H and O–H groups in total. The molecule has 1 rings (SSSR count). The highest BCUT2D eigenvalue weighted by molar-refractivity contribution is 5.87. The molecule has 0 unspecified atom stereocenters. The first-order valence-corrected chi connectivity index (χ1v) is 6.93. The van der Waals surface area contributed by atoms with Gasteiger partial charge in [-0.05, 0) is 33.3 Å². The van der Waals surface area contributed by atoms with Crippen LogP contribution in [-0.4, -0.2) is 46.6 Å². The molecule has 6 heteroatoms. The predicted molar refractivity (Wildman–Crippen MR) is 75.3 cm³/mol. The molecule has 0 bridgehead atoms. The SMILES string of the molecule is C/C=C(\C)C(=O)O[C@@H]1CCC(=O)O[C@@H]1/C=C/[C@@H](O)[C@@H](C)O. The summed E-state index contributed by atoms with van der Waals surface area (Å²) in [5.74, 6) is -0.846. The number of esters is 2. The zero-order chi connectivity index (χ0) is 16.0. The summed E-state index contributed by atoms with van der Waals surface area (Å²) in [7, 11) is 0. The summed E-state index contributed by atoms with van der Waals surface area (Å²) >= 11 is 0. The summed E-state index contributed by atoms with van der Waals surface area (Å²) in [5.41, 5.74) is 0.471. The molecule has 0 aliphatic carbocycles. The molecular formula is C15H22O6. The highest BCUT2D eigenvalue weighted by atomic mass is 16.6. The maximum absolute atomic E-state index is 11.8. The fraction of sp³-hybridized carbons (Fsp3) is 0.600. The standard InChI is InChI=1S/C15H22O6/c1-4-9(2)15(19)21-13-7-8-14(18)20-12(13)6-5-11(17)10(3)16/h4-6,10-13,16-17H,7-8H2,1-3H3/b6-5+,9-4+/t10-,11-,12-,13-/m1/s1. The van der Waals surface area contributed by atoms with Crippen molar-refractivity contribution in [3.05, 3.63) is 23.8 Å². The van der Waals surface area contributed by atoms with Crippen molar-refractivity contribution in [2.24, 2.45) is 0 Å². The monoisotopic (exact) mass is 298 g/mol. The molecule has 21 heavy (non-hydrogen) atoms. The minimum absolute atomic E-state index is 0.177. The Morgan fingerprint density at radius 2 is 2.14 bits per heavy atom. The quantitative estimate of drug-likeness (QED) is 0.444. The maximum atomic E-state index is 11.8. The van der Waals surface area contributed by atoms with Crippen LogP contribution in [0.2, 0.25) is 0 Å². The fourth-order valence-corrected chi connectivity index (χ4v) is 1.73. The molecule has 1 saturated heterocycles. The molecule has 0 amide bonds. The summed E-state index contributed by atoms with van der Waals surface area (Å²) in [4.78, 5) is 23.1. The summed E-state index contributed by atoms with van der Waals surface area (Å²) in [5, 5.41) is 18.7. The normalized spacial score (nSPS) is 26.3. The van der Waals surface area contributed by atoms with Crippen molar-refractivity contribution in [2.75, 3.05) is 0 Å². The van der Waals surface area contributed by atoms with Gasteiger partial charge in [0.05, 0.1) is 12.2 Å². The highest BCUT2D eigenvalue weighted by Gasteiger charge is 2.32. The van der Waals surface area contributed by atoms with Crippen molar-refractivity contribution >= 4 is 11.9 Å². The van der Waals surface area contributed by atoms with E-state index >= 15 is 0 Å². The number of rotatable bonds is 5. The van der Waals surface area contributed by atoms with Gasteiger partial charge < -0.3 is 19.7 Å². The van der Waals surface area contributed by atoms with Gasteiger partial charge in [-0.25, -0.2) is 4.79 Å². The van der Waals surface area contributed by atoms with Gasteiger partial charge in [-0.2, -0.15) is 0 Å². The fourth-order valence-electron chi connectivity index (χ4n) is 1.73. The molecule has 0 saturated carbocycles.